The molecule has 4 nitrogen and oxygen atoms in total. The summed E-state index contributed by atoms with van der Waals surface area (Å²) in [6, 6.07) is -0.354. The third kappa shape index (κ3) is 2.17. The molecule has 4 heteroatoms. The molecule has 0 amide bonds. The minimum Gasteiger partial charge on any atom is -0.394 e. The first-order chi connectivity index (χ1) is 6.19. The lowest BCUT2D eigenvalue weighted by molar-refractivity contribution is 0.146. The molecule has 0 aliphatic rings. The highest BCUT2D eigenvalue weighted by molar-refractivity contribution is 5.59. The van der Waals surface area contributed by atoms with Gasteiger partial charge in [0.15, 0.2) is 0 Å². The van der Waals surface area contributed by atoms with E-state index in [1.54, 1.807) is 17.1 Å². The predicted octanol–water partition coefficient (Wildman–Crippen LogP) is 0.442. The molecule has 0 atom stereocenters. The minimum absolute atomic E-state index is 0.117. The Bertz CT molecular complexity index is 290. The van der Waals surface area contributed by atoms with Crippen LogP contribution in [0.3, 0.4) is 0 Å². The highest BCUT2D eigenvalue weighted by Gasteiger charge is 2.09. The van der Waals surface area contributed by atoms with E-state index < -0.39 is 0 Å². The third-order valence-corrected chi connectivity index (χ3v) is 1.89. The minimum atomic E-state index is -0.354. The summed E-state index contributed by atoms with van der Waals surface area (Å²) in [5.74, 6) is 0. The number of hydrogen-bond donors (Lipinski definition) is 2. The number of aromatic nitrogens is 2. The van der Waals surface area contributed by atoms with Crippen LogP contribution in [0.1, 0.15) is 18.5 Å². The molecule has 0 fully saturated rings. The van der Waals surface area contributed by atoms with Gasteiger partial charge in [0.05, 0.1) is 25.5 Å². The van der Waals surface area contributed by atoms with Gasteiger partial charge in [0.25, 0.3) is 0 Å². The normalized spacial score (nSPS) is 10.8. The molecule has 0 bridgehead atoms. The molecule has 1 heterocycles. The van der Waals surface area contributed by atoms with Gasteiger partial charge < -0.3 is 10.2 Å². The lowest BCUT2D eigenvalue weighted by Crippen LogP contribution is -2.17. The molecule has 2 N–H and O–H groups in total. The Balaban J connectivity index is 2.84. The summed E-state index contributed by atoms with van der Waals surface area (Å²) in [6.07, 6.45) is 3.43. The van der Waals surface area contributed by atoms with Gasteiger partial charge in [-0.2, -0.15) is 5.10 Å². The van der Waals surface area contributed by atoms with Crippen LogP contribution >= 0.6 is 0 Å². The Labute approximate surface area is 77.1 Å². The molecule has 0 aliphatic carbocycles. The molecular formula is C9H14N2O2. The Morgan fingerprint density at radius 1 is 1.62 bits per heavy atom. The van der Waals surface area contributed by atoms with Crippen molar-refractivity contribution in [2.75, 3.05) is 13.2 Å². The van der Waals surface area contributed by atoms with Crippen molar-refractivity contribution in [3.63, 3.8) is 0 Å². The molecule has 0 saturated heterocycles. The van der Waals surface area contributed by atoms with Crippen LogP contribution < -0.4 is 0 Å². The Morgan fingerprint density at radius 2 is 2.23 bits per heavy atom. The summed E-state index contributed by atoms with van der Waals surface area (Å²) in [5, 5.41) is 21.8. The van der Waals surface area contributed by atoms with Gasteiger partial charge in [-0.25, -0.2) is 0 Å². The summed E-state index contributed by atoms with van der Waals surface area (Å²) in [6.45, 7) is 5.42. The van der Waals surface area contributed by atoms with Gasteiger partial charge in [0.2, 0.25) is 0 Å². The van der Waals surface area contributed by atoms with Crippen molar-refractivity contribution in [1.82, 2.24) is 9.78 Å². The van der Waals surface area contributed by atoms with E-state index in [0.29, 0.717) is 0 Å². The van der Waals surface area contributed by atoms with E-state index in [2.05, 4.69) is 11.7 Å². The van der Waals surface area contributed by atoms with Crippen LogP contribution in [0.4, 0.5) is 0 Å². The standard InChI is InChI=1S/C9H14N2O2/c1-7(2)8-3-10-11(4-8)9(5-12)6-13/h3-4,9,12-13H,1,5-6H2,2H3. The fourth-order valence-electron chi connectivity index (χ4n) is 0.983. The maximum Gasteiger partial charge on any atom is 0.0980 e. The number of aliphatic hydroxyl groups excluding tert-OH is 2. The average Bonchev–Trinajstić information content (AvgIpc) is 2.56. The number of aliphatic hydroxyl groups is 2. The van der Waals surface area contributed by atoms with Gasteiger partial charge in [-0.3, -0.25) is 4.68 Å². The largest absolute Gasteiger partial charge is 0.394 e. The van der Waals surface area contributed by atoms with Crippen LogP contribution in [-0.4, -0.2) is 33.2 Å². The van der Waals surface area contributed by atoms with Gasteiger partial charge >= 0.3 is 0 Å². The summed E-state index contributed by atoms with van der Waals surface area (Å²) >= 11 is 0. The van der Waals surface area contributed by atoms with E-state index in [-0.39, 0.29) is 19.3 Å². The van der Waals surface area contributed by atoms with E-state index >= 15 is 0 Å². The third-order valence-electron chi connectivity index (χ3n) is 1.89. The molecule has 1 aromatic heterocycles. The maximum absolute atomic E-state index is 8.88. The van der Waals surface area contributed by atoms with E-state index in [1.807, 2.05) is 6.92 Å². The monoisotopic (exact) mass is 182 g/mol. The van der Waals surface area contributed by atoms with Crippen molar-refractivity contribution in [2.24, 2.45) is 0 Å². The van der Waals surface area contributed by atoms with Crippen molar-refractivity contribution < 1.29 is 10.2 Å². The second-order valence-corrected chi connectivity index (χ2v) is 3.01. The molecular weight excluding hydrogens is 168 g/mol. The molecule has 0 radical (unpaired) electrons. The average molecular weight is 182 g/mol. The van der Waals surface area contributed by atoms with Crippen LogP contribution in [0.25, 0.3) is 5.57 Å². The van der Waals surface area contributed by atoms with E-state index in [9.17, 15) is 0 Å². The van der Waals surface area contributed by atoms with Gasteiger partial charge in [-0.1, -0.05) is 6.58 Å². The SMILES string of the molecule is C=C(C)c1cnn(C(CO)CO)c1. The highest BCUT2D eigenvalue weighted by atomic mass is 16.3. The van der Waals surface area contributed by atoms with Crippen LogP contribution in [0.15, 0.2) is 19.0 Å². The first-order valence-corrected chi connectivity index (χ1v) is 4.10. The van der Waals surface area contributed by atoms with Crippen molar-refractivity contribution in [2.45, 2.75) is 13.0 Å². The number of rotatable bonds is 4. The molecule has 0 aromatic carbocycles. The molecule has 0 unspecified atom stereocenters. The second-order valence-electron chi connectivity index (χ2n) is 3.01. The van der Waals surface area contributed by atoms with Gasteiger partial charge in [0.1, 0.15) is 0 Å². The first-order valence-electron chi connectivity index (χ1n) is 4.10. The van der Waals surface area contributed by atoms with E-state index in [4.69, 9.17) is 10.2 Å². The molecule has 0 saturated carbocycles. The van der Waals surface area contributed by atoms with E-state index in [1.165, 1.54) is 0 Å². The summed E-state index contributed by atoms with van der Waals surface area (Å²) in [5.41, 5.74) is 1.84. The molecule has 1 rings (SSSR count). The Kier molecular flexibility index (Phi) is 3.22. The lowest BCUT2D eigenvalue weighted by Gasteiger charge is -2.10. The van der Waals surface area contributed by atoms with Crippen LogP contribution in [0, 0.1) is 0 Å². The smallest absolute Gasteiger partial charge is 0.0980 e. The zero-order valence-corrected chi connectivity index (χ0v) is 7.64. The molecule has 13 heavy (non-hydrogen) atoms. The Hall–Kier alpha value is -1.13. The van der Waals surface area contributed by atoms with Crippen molar-refractivity contribution in [1.29, 1.82) is 0 Å². The topological polar surface area (TPSA) is 58.3 Å². The Morgan fingerprint density at radius 3 is 2.62 bits per heavy atom. The van der Waals surface area contributed by atoms with Crippen molar-refractivity contribution in [3.8, 4) is 0 Å². The van der Waals surface area contributed by atoms with Crippen LogP contribution in [-0.2, 0) is 0 Å². The summed E-state index contributed by atoms with van der Waals surface area (Å²) in [7, 11) is 0. The molecule has 72 valence electrons. The van der Waals surface area contributed by atoms with E-state index in [0.717, 1.165) is 11.1 Å². The fraction of sp³-hybridized carbons (Fsp3) is 0.444. The quantitative estimate of drug-likeness (QED) is 0.710. The number of hydrogen-bond acceptors (Lipinski definition) is 3. The van der Waals surface area contributed by atoms with Crippen molar-refractivity contribution in [3.05, 3.63) is 24.5 Å². The second kappa shape index (κ2) is 4.20. The lowest BCUT2D eigenvalue weighted by atomic mass is 10.2. The number of allylic oxidation sites excluding steroid dienone is 1. The van der Waals surface area contributed by atoms with Crippen LogP contribution in [0.2, 0.25) is 0 Å². The van der Waals surface area contributed by atoms with Crippen molar-refractivity contribution >= 4 is 5.57 Å². The van der Waals surface area contributed by atoms with Gasteiger partial charge in [-0.05, 0) is 12.5 Å². The molecule has 0 aliphatic heterocycles. The summed E-state index contributed by atoms with van der Waals surface area (Å²) in [4.78, 5) is 0. The highest BCUT2D eigenvalue weighted by Crippen LogP contribution is 2.12. The maximum atomic E-state index is 8.88. The number of nitrogens with zero attached hydrogens (tertiary/aromatic N) is 2. The van der Waals surface area contributed by atoms with Crippen LogP contribution in [0.5, 0.6) is 0 Å². The summed E-state index contributed by atoms with van der Waals surface area (Å²) < 4.78 is 1.55. The predicted molar refractivity (Wildman–Crippen MR) is 50.1 cm³/mol. The zero-order chi connectivity index (χ0) is 9.84. The zero-order valence-electron chi connectivity index (χ0n) is 7.64. The van der Waals surface area contributed by atoms with Gasteiger partial charge in [-0.15, -0.1) is 0 Å². The van der Waals surface area contributed by atoms with Gasteiger partial charge in [0, 0.05) is 11.8 Å². The molecule has 0 spiro atoms. The first kappa shape index (κ1) is 9.95. The molecule has 1 aromatic rings. The fourth-order valence-corrected chi connectivity index (χ4v) is 0.983.